The van der Waals surface area contributed by atoms with Gasteiger partial charge in [0.05, 0.1) is 11.1 Å². The van der Waals surface area contributed by atoms with Gasteiger partial charge in [-0.3, -0.25) is 15.5 Å². The summed E-state index contributed by atoms with van der Waals surface area (Å²) < 4.78 is 5.67. The number of nitrogens with one attached hydrogen (secondary N) is 1. The van der Waals surface area contributed by atoms with E-state index in [9.17, 15) is 10.1 Å². The first-order valence-corrected chi connectivity index (χ1v) is 6.77. The Kier molecular flexibility index (Phi) is 3.43. The third kappa shape index (κ3) is 2.94. The molecule has 1 aromatic heterocycles. The van der Waals surface area contributed by atoms with Gasteiger partial charge in [-0.05, 0) is 30.5 Å². The molecule has 1 fully saturated rings. The summed E-state index contributed by atoms with van der Waals surface area (Å²) in [5.41, 5.74) is 3.01. The first kappa shape index (κ1) is 13.4. The second-order valence-electron chi connectivity index (χ2n) is 5.20. The molecule has 0 radical (unpaired) electrons. The molecule has 1 aromatic carbocycles. The molecule has 6 heteroatoms. The Morgan fingerprint density at radius 2 is 2.14 bits per heavy atom. The van der Waals surface area contributed by atoms with Crippen LogP contribution in [0.3, 0.4) is 0 Å². The molecule has 1 aliphatic carbocycles. The van der Waals surface area contributed by atoms with Crippen molar-refractivity contribution in [3.05, 3.63) is 58.0 Å². The lowest BCUT2D eigenvalue weighted by Gasteiger charge is -2.00. The maximum atomic E-state index is 10.9. The number of benzene rings is 1. The molecule has 108 valence electrons. The van der Waals surface area contributed by atoms with Crippen molar-refractivity contribution in [2.45, 2.75) is 19.3 Å². The van der Waals surface area contributed by atoms with Crippen molar-refractivity contribution < 1.29 is 9.34 Å². The zero-order valence-corrected chi connectivity index (χ0v) is 11.5. The van der Waals surface area contributed by atoms with Gasteiger partial charge in [0.1, 0.15) is 17.2 Å². The number of nitro groups is 1. The molecule has 1 aliphatic rings. The van der Waals surface area contributed by atoms with Gasteiger partial charge in [-0.15, -0.1) is 0 Å². The van der Waals surface area contributed by atoms with Gasteiger partial charge in [0.15, 0.2) is 0 Å². The van der Waals surface area contributed by atoms with Crippen LogP contribution in [0.1, 0.15) is 30.8 Å². The quantitative estimate of drug-likeness (QED) is 0.515. The summed E-state index contributed by atoms with van der Waals surface area (Å²) in [5.74, 6) is 2.83. The largest absolute Gasteiger partial charge is 0.460 e. The SMILES string of the molecule is C[C@H]1C[C@@H]1c1ccc(/C=N\Nc2ccccc2[N+](=O)[O-])o1. The van der Waals surface area contributed by atoms with Crippen molar-refractivity contribution in [1.29, 1.82) is 0 Å². The third-order valence-corrected chi connectivity index (χ3v) is 3.60. The molecule has 1 saturated carbocycles. The fourth-order valence-corrected chi connectivity index (χ4v) is 2.25. The Balaban J connectivity index is 1.67. The highest BCUT2D eigenvalue weighted by atomic mass is 16.6. The number of para-hydroxylation sites is 2. The van der Waals surface area contributed by atoms with Crippen LogP contribution >= 0.6 is 0 Å². The summed E-state index contributed by atoms with van der Waals surface area (Å²) in [5, 5.41) is 14.9. The smallest absolute Gasteiger partial charge is 0.294 e. The molecular formula is C15H15N3O3. The van der Waals surface area contributed by atoms with Crippen LogP contribution in [0.15, 0.2) is 45.9 Å². The van der Waals surface area contributed by atoms with E-state index in [1.165, 1.54) is 18.7 Å². The van der Waals surface area contributed by atoms with E-state index in [2.05, 4.69) is 17.5 Å². The summed E-state index contributed by atoms with van der Waals surface area (Å²) >= 11 is 0. The van der Waals surface area contributed by atoms with E-state index < -0.39 is 4.92 Å². The highest BCUT2D eigenvalue weighted by Gasteiger charge is 2.36. The molecule has 0 unspecified atom stereocenters. The monoisotopic (exact) mass is 285 g/mol. The van der Waals surface area contributed by atoms with Crippen LogP contribution in [0.2, 0.25) is 0 Å². The third-order valence-electron chi connectivity index (χ3n) is 3.60. The molecule has 1 N–H and O–H groups in total. The van der Waals surface area contributed by atoms with E-state index >= 15 is 0 Å². The predicted octanol–water partition coefficient (Wildman–Crippen LogP) is 3.76. The molecule has 0 aliphatic heterocycles. The normalized spacial score (nSPS) is 20.6. The molecule has 1 heterocycles. The van der Waals surface area contributed by atoms with E-state index in [-0.39, 0.29) is 5.69 Å². The predicted molar refractivity (Wildman–Crippen MR) is 79.5 cm³/mol. The maximum Gasteiger partial charge on any atom is 0.294 e. The van der Waals surface area contributed by atoms with Crippen LogP contribution in [-0.2, 0) is 0 Å². The van der Waals surface area contributed by atoms with Gasteiger partial charge in [0, 0.05) is 12.0 Å². The van der Waals surface area contributed by atoms with Gasteiger partial charge in [-0.25, -0.2) is 0 Å². The standard InChI is InChI=1S/C15H15N3O3/c1-10-8-12(10)15-7-6-11(21-15)9-16-17-13-4-2-3-5-14(13)18(19)20/h2-7,9-10,12,17H,8H2,1H3/b16-9-/t10-,12-/m0/s1. The van der Waals surface area contributed by atoms with Crippen molar-refractivity contribution in [1.82, 2.24) is 0 Å². The van der Waals surface area contributed by atoms with Crippen molar-refractivity contribution >= 4 is 17.6 Å². The van der Waals surface area contributed by atoms with Crippen molar-refractivity contribution in [2.24, 2.45) is 11.0 Å². The van der Waals surface area contributed by atoms with Crippen LogP contribution < -0.4 is 5.43 Å². The molecule has 21 heavy (non-hydrogen) atoms. The Hall–Kier alpha value is -2.63. The zero-order chi connectivity index (χ0) is 14.8. The molecule has 0 saturated heterocycles. The summed E-state index contributed by atoms with van der Waals surface area (Å²) in [6.07, 6.45) is 2.69. The number of nitro benzene ring substituents is 1. The van der Waals surface area contributed by atoms with E-state index in [1.807, 2.05) is 12.1 Å². The van der Waals surface area contributed by atoms with Gasteiger partial charge in [0.25, 0.3) is 5.69 Å². The molecular weight excluding hydrogens is 270 g/mol. The number of hydrogen-bond donors (Lipinski definition) is 1. The van der Waals surface area contributed by atoms with Gasteiger partial charge >= 0.3 is 0 Å². The van der Waals surface area contributed by atoms with E-state index in [0.29, 0.717) is 23.3 Å². The molecule has 2 aromatic rings. The number of nitrogens with zero attached hydrogens (tertiary/aromatic N) is 2. The lowest BCUT2D eigenvalue weighted by atomic mass is 10.3. The summed E-state index contributed by atoms with van der Waals surface area (Å²) in [6, 6.07) is 10.2. The fraction of sp³-hybridized carbons (Fsp3) is 0.267. The van der Waals surface area contributed by atoms with E-state index in [4.69, 9.17) is 4.42 Å². The van der Waals surface area contributed by atoms with Gasteiger partial charge in [-0.1, -0.05) is 19.1 Å². The van der Waals surface area contributed by atoms with Crippen molar-refractivity contribution in [3.63, 3.8) is 0 Å². The number of anilines is 1. The summed E-state index contributed by atoms with van der Waals surface area (Å²) in [4.78, 5) is 10.4. The number of hydrazone groups is 1. The minimum Gasteiger partial charge on any atom is -0.460 e. The van der Waals surface area contributed by atoms with E-state index in [1.54, 1.807) is 18.2 Å². The van der Waals surface area contributed by atoms with Crippen LogP contribution in [0.5, 0.6) is 0 Å². The van der Waals surface area contributed by atoms with E-state index in [0.717, 1.165) is 5.76 Å². The highest BCUT2D eigenvalue weighted by molar-refractivity contribution is 5.77. The minimum atomic E-state index is -0.447. The lowest BCUT2D eigenvalue weighted by molar-refractivity contribution is -0.384. The van der Waals surface area contributed by atoms with Crippen LogP contribution in [0.4, 0.5) is 11.4 Å². The fourth-order valence-electron chi connectivity index (χ4n) is 2.25. The maximum absolute atomic E-state index is 10.9. The first-order valence-electron chi connectivity index (χ1n) is 6.77. The Bertz CT molecular complexity index is 693. The Labute approximate surface area is 121 Å². The van der Waals surface area contributed by atoms with Gasteiger partial charge < -0.3 is 4.42 Å². The van der Waals surface area contributed by atoms with Gasteiger partial charge in [0.2, 0.25) is 0 Å². The molecule has 3 rings (SSSR count). The van der Waals surface area contributed by atoms with Gasteiger partial charge in [-0.2, -0.15) is 5.10 Å². The Morgan fingerprint density at radius 1 is 1.38 bits per heavy atom. The number of hydrogen-bond acceptors (Lipinski definition) is 5. The topological polar surface area (TPSA) is 80.7 Å². The van der Waals surface area contributed by atoms with Crippen LogP contribution in [0.25, 0.3) is 0 Å². The average Bonchev–Trinajstić information content (AvgIpc) is 3.01. The zero-order valence-electron chi connectivity index (χ0n) is 11.5. The second kappa shape index (κ2) is 5.40. The van der Waals surface area contributed by atoms with Crippen molar-refractivity contribution in [3.8, 4) is 0 Å². The molecule has 0 spiro atoms. The average molecular weight is 285 g/mol. The first-order chi connectivity index (χ1) is 10.1. The Morgan fingerprint density at radius 3 is 2.86 bits per heavy atom. The molecule has 0 bridgehead atoms. The highest BCUT2D eigenvalue weighted by Crippen LogP contribution is 2.47. The van der Waals surface area contributed by atoms with Crippen LogP contribution in [0, 0.1) is 16.0 Å². The van der Waals surface area contributed by atoms with Crippen molar-refractivity contribution in [2.75, 3.05) is 5.43 Å². The minimum absolute atomic E-state index is 0.0124. The summed E-state index contributed by atoms with van der Waals surface area (Å²) in [7, 11) is 0. The molecule has 2 atom stereocenters. The second-order valence-corrected chi connectivity index (χ2v) is 5.20. The summed E-state index contributed by atoms with van der Waals surface area (Å²) in [6.45, 7) is 2.19. The number of rotatable bonds is 5. The molecule has 6 nitrogen and oxygen atoms in total. The lowest BCUT2D eigenvalue weighted by Crippen LogP contribution is -1.96. The molecule has 0 amide bonds. The number of furan rings is 1. The van der Waals surface area contributed by atoms with Crippen LogP contribution in [-0.4, -0.2) is 11.1 Å².